The van der Waals surface area contributed by atoms with Gasteiger partial charge < -0.3 is 14.0 Å². The monoisotopic (exact) mass is 331 g/mol. The highest BCUT2D eigenvalue weighted by atomic mass is 16.6. The second kappa shape index (κ2) is 6.70. The molecule has 0 unspecified atom stereocenters. The zero-order valence-corrected chi connectivity index (χ0v) is 13.6. The molecule has 2 heterocycles. The van der Waals surface area contributed by atoms with Gasteiger partial charge in [0.05, 0.1) is 11.6 Å². The third kappa shape index (κ3) is 3.20. The summed E-state index contributed by atoms with van der Waals surface area (Å²) in [4.78, 5) is 4.44. The quantitative estimate of drug-likeness (QED) is 0.732. The average Bonchev–Trinajstić information content (AvgIpc) is 3.15. The number of nitriles is 1. The van der Waals surface area contributed by atoms with Crippen LogP contribution >= 0.6 is 0 Å². The molecule has 0 N–H and O–H groups in total. The van der Waals surface area contributed by atoms with Gasteiger partial charge in [0.25, 0.3) is 0 Å². The number of fused-ring (bicyclic) bond motifs is 1. The van der Waals surface area contributed by atoms with Gasteiger partial charge in [-0.15, -0.1) is 0 Å². The van der Waals surface area contributed by atoms with Crippen molar-refractivity contribution in [3.05, 3.63) is 66.5 Å². The van der Waals surface area contributed by atoms with Crippen LogP contribution in [0.2, 0.25) is 0 Å². The van der Waals surface area contributed by atoms with Crippen LogP contribution in [-0.2, 0) is 6.54 Å². The first kappa shape index (κ1) is 15.3. The van der Waals surface area contributed by atoms with Crippen molar-refractivity contribution in [1.29, 1.82) is 5.26 Å². The second-order valence-corrected chi connectivity index (χ2v) is 5.92. The van der Waals surface area contributed by atoms with Gasteiger partial charge in [-0.2, -0.15) is 5.26 Å². The molecule has 1 aliphatic heterocycles. The lowest BCUT2D eigenvalue weighted by Crippen LogP contribution is -2.30. The number of aromatic nitrogens is 2. The van der Waals surface area contributed by atoms with E-state index in [1.807, 2.05) is 48.7 Å². The van der Waals surface area contributed by atoms with E-state index in [1.54, 1.807) is 12.3 Å². The van der Waals surface area contributed by atoms with Crippen LogP contribution in [0.15, 0.2) is 60.9 Å². The Labute approximate surface area is 146 Å². The Morgan fingerprint density at radius 1 is 1.16 bits per heavy atom. The molecule has 2 aromatic carbocycles. The van der Waals surface area contributed by atoms with Gasteiger partial charge in [-0.1, -0.05) is 24.3 Å². The predicted molar refractivity (Wildman–Crippen MR) is 93.3 cm³/mol. The van der Waals surface area contributed by atoms with Crippen molar-refractivity contribution < 1.29 is 9.47 Å². The molecule has 0 amide bonds. The van der Waals surface area contributed by atoms with E-state index in [1.165, 1.54) is 0 Å². The van der Waals surface area contributed by atoms with Crippen molar-refractivity contribution in [3.63, 3.8) is 0 Å². The van der Waals surface area contributed by atoms with Gasteiger partial charge in [0.1, 0.15) is 18.5 Å². The molecule has 0 aliphatic carbocycles. The molecule has 0 saturated heterocycles. The van der Waals surface area contributed by atoms with Crippen LogP contribution in [0.5, 0.6) is 11.5 Å². The maximum atomic E-state index is 9.07. The van der Waals surface area contributed by atoms with Crippen molar-refractivity contribution in [2.24, 2.45) is 0 Å². The summed E-state index contributed by atoms with van der Waals surface area (Å²) in [6.07, 6.45) is 4.56. The molecule has 5 nitrogen and oxygen atoms in total. The second-order valence-electron chi connectivity index (χ2n) is 5.92. The van der Waals surface area contributed by atoms with Gasteiger partial charge in [0.15, 0.2) is 11.5 Å². The first-order valence-corrected chi connectivity index (χ1v) is 8.23. The summed E-state index contributed by atoms with van der Waals surface area (Å²) in [6, 6.07) is 17.4. The number of benzene rings is 2. The molecule has 0 fully saturated rings. The van der Waals surface area contributed by atoms with Crippen LogP contribution in [0.1, 0.15) is 12.0 Å². The highest BCUT2D eigenvalue weighted by Crippen LogP contribution is 2.31. The highest BCUT2D eigenvalue weighted by Gasteiger charge is 2.20. The molecule has 5 heteroatoms. The zero-order chi connectivity index (χ0) is 17.1. The SMILES string of the molecule is N#Cc1cccc(-c2nccn2CC[C@@H]2COc3ccccc3O2)c1. The average molecular weight is 331 g/mol. The van der Waals surface area contributed by atoms with Gasteiger partial charge >= 0.3 is 0 Å². The minimum Gasteiger partial charge on any atom is -0.486 e. The molecular weight excluding hydrogens is 314 g/mol. The largest absolute Gasteiger partial charge is 0.486 e. The molecule has 0 bridgehead atoms. The number of nitrogens with zero attached hydrogens (tertiary/aromatic N) is 3. The fourth-order valence-corrected chi connectivity index (χ4v) is 2.97. The normalized spacial score (nSPS) is 15.6. The third-order valence-corrected chi connectivity index (χ3v) is 4.22. The van der Waals surface area contributed by atoms with Crippen molar-refractivity contribution in [1.82, 2.24) is 9.55 Å². The summed E-state index contributed by atoms with van der Waals surface area (Å²) in [7, 11) is 0. The Hall–Kier alpha value is -3.26. The Morgan fingerprint density at radius 2 is 2.04 bits per heavy atom. The zero-order valence-electron chi connectivity index (χ0n) is 13.6. The number of ether oxygens (including phenoxy) is 2. The van der Waals surface area contributed by atoms with Crippen molar-refractivity contribution in [2.45, 2.75) is 19.1 Å². The maximum absolute atomic E-state index is 9.07. The van der Waals surface area contributed by atoms with E-state index in [0.29, 0.717) is 12.2 Å². The number of rotatable bonds is 4. The van der Waals surface area contributed by atoms with Crippen LogP contribution in [0.25, 0.3) is 11.4 Å². The van der Waals surface area contributed by atoms with Crippen LogP contribution in [0.3, 0.4) is 0 Å². The lowest BCUT2D eigenvalue weighted by molar-refractivity contribution is 0.0817. The fraction of sp³-hybridized carbons (Fsp3) is 0.200. The molecule has 1 atom stereocenters. The van der Waals surface area contributed by atoms with Crippen LogP contribution in [-0.4, -0.2) is 22.3 Å². The van der Waals surface area contributed by atoms with E-state index in [-0.39, 0.29) is 6.10 Å². The summed E-state index contributed by atoms with van der Waals surface area (Å²) < 4.78 is 13.9. The van der Waals surface area contributed by atoms with Gasteiger partial charge in [-0.25, -0.2) is 4.98 Å². The van der Waals surface area contributed by atoms with Gasteiger partial charge in [-0.05, 0) is 24.3 Å². The Bertz CT molecular complexity index is 926. The van der Waals surface area contributed by atoms with Crippen LogP contribution < -0.4 is 9.47 Å². The minimum absolute atomic E-state index is 0.00981. The summed E-state index contributed by atoms with van der Waals surface area (Å²) in [6.45, 7) is 1.31. The maximum Gasteiger partial charge on any atom is 0.161 e. The Morgan fingerprint density at radius 3 is 2.92 bits per heavy atom. The molecule has 0 spiro atoms. The first-order chi connectivity index (χ1) is 12.3. The molecule has 4 rings (SSSR count). The molecule has 1 aliphatic rings. The lowest BCUT2D eigenvalue weighted by atomic mass is 10.1. The van der Waals surface area contributed by atoms with E-state index in [0.717, 1.165) is 35.9 Å². The predicted octanol–water partition coefficient (Wildman–Crippen LogP) is 3.65. The summed E-state index contributed by atoms with van der Waals surface area (Å²) in [5.74, 6) is 2.45. The third-order valence-electron chi connectivity index (χ3n) is 4.22. The number of para-hydroxylation sites is 2. The smallest absolute Gasteiger partial charge is 0.161 e. The summed E-state index contributed by atoms with van der Waals surface area (Å²) in [5.41, 5.74) is 1.57. The number of hydrogen-bond donors (Lipinski definition) is 0. The van der Waals surface area contributed by atoms with E-state index in [9.17, 15) is 0 Å². The van der Waals surface area contributed by atoms with Crippen LogP contribution in [0, 0.1) is 11.3 Å². The fourth-order valence-electron chi connectivity index (χ4n) is 2.97. The summed E-state index contributed by atoms with van der Waals surface area (Å²) in [5, 5.41) is 9.07. The highest BCUT2D eigenvalue weighted by molar-refractivity contribution is 5.58. The minimum atomic E-state index is 0.00981. The number of imidazole rings is 1. The number of aryl methyl sites for hydroxylation is 1. The van der Waals surface area contributed by atoms with E-state index < -0.39 is 0 Å². The molecular formula is C20H17N3O2. The molecule has 1 aromatic heterocycles. The number of hydrogen-bond acceptors (Lipinski definition) is 4. The van der Waals surface area contributed by atoms with Crippen LogP contribution in [0.4, 0.5) is 0 Å². The summed E-state index contributed by atoms with van der Waals surface area (Å²) >= 11 is 0. The topological polar surface area (TPSA) is 60.1 Å². The first-order valence-electron chi connectivity index (χ1n) is 8.23. The van der Waals surface area contributed by atoms with Crippen molar-refractivity contribution in [2.75, 3.05) is 6.61 Å². The van der Waals surface area contributed by atoms with Crippen molar-refractivity contribution >= 4 is 0 Å². The van der Waals surface area contributed by atoms with Gasteiger partial charge in [0, 0.05) is 30.9 Å². The lowest BCUT2D eigenvalue weighted by Gasteiger charge is -2.26. The molecule has 0 saturated carbocycles. The molecule has 3 aromatic rings. The Balaban J connectivity index is 1.46. The Kier molecular flexibility index (Phi) is 4.09. The molecule has 124 valence electrons. The molecule has 25 heavy (non-hydrogen) atoms. The standard InChI is InChI=1S/C20H17N3O2/c21-13-15-4-3-5-16(12-15)20-22-9-11-23(20)10-8-17-14-24-18-6-1-2-7-19(18)25-17/h1-7,9,11-12,17H,8,10,14H2/t17-/m1/s1. The van der Waals surface area contributed by atoms with E-state index in [4.69, 9.17) is 14.7 Å². The van der Waals surface area contributed by atoms with E-state index in [2.05, 4.69) is 15.6 Å². The molecule has 0 radical (unpaired) electrons. The van der Waals surface area contributed by atoms with Gasteiger partial charge in [0.2, 0.25) is 0 Å². The van der Waals surface area contributed by atoms with E-state index >= 15 is 0 Å². The van der Waals surface area contributed by atoms with Gasteiger partial charge in [-0.3, -0.25) is 0 Å². The van der Waals surface area contributed by atoms with Crippen molar-refractivity contribution in [3.8, 4) is 29.0 Å².